The molecule has 0 unspecified atom stereocenters. The lowest BCUT2D eigenvalue weighted by Crippen LogP contribution is -2.43. The van der Waals surface area contributed by atoms with E-state index < -0.39 is 5.82 Å². The number of pyridine rings is 1. The first-order chi connectivity index (χ1) is 14.0. The van der Waals surface area contributed by atoms with Gasteiger partial charge in [-0.2, -0.15) is 0 Å². The first-order valence-corrected chi connectivity index (χ1v) is 9.62. The summed E-state index contributed by atoms with van der Waals surface area (Å²) in [4.78, 5) is 27.7. The molecule has 3 aromatic rings. The normalized spacial score (nSPS) is 18.7. The summed E-state index contributed by atoms with van der Waals surface area (Å²) in [5.74, 6) is 0.669. The van der Waals surface area contributed by atoms with Crippen LogP contribution >= 0.6 is 0 Å². The quantitative estimate of drug-likeness (QED) is 0.728. The molecule has 7 heteroatoms. The zero-order valence-corrected chi connectivity index (χ0v) is 16.3. The SMILES string of the molecule is Cc1ccc(NC(=O)[C@H]2CC[C@@H](C)N2c2ccccn2)cc1-c1ncc(F)cn1. The summed E-state index contributed by atoms with van der Waals surface area (Å²) >= 11 is 0. The van der Waals surface area contributed by atoms with Crippen molar-refractivity contribution in [3.63, 3.8) is 0 Å². The molecule has 1 aliphatic rings. The third-order valence-corrected chi connectivity index (χ3v) is 5.25. The van der Waals surface area contributed by atoms with E-state index in [2.05, 4.69) is 32.1 Å². The number of amides is 1. The number of carbonyl (C=O) groups is 1. The minimum Gasteiger partial charge on any atom is -0.342 e. The fourth-order valence-electron chi connectivity index (χ4n) is 3.75. The predicted octanol–water partition coefficient (Wildman–Crippen LogP) is 3.98. The summed E-state index contributed by atoms with van der Waals surface area (Å²) in [7, 11) is 0. The topological polar surface area (TPSA) is 71.0 Å². The molecule has 1 aliphatic heterocycles. The first kappa shape index (κ1) is 19.0. The Labute approximate surface area is 168 Å². The number of anilines is 2. The van der Waals surface area contributed by atoms with Crippen LogP contribution in [0.5, 0.6) is 0 Å². The molecule has 1 fully saturated rings. The highest BCUT2D eigenvalue weighted by atomic mass is 19.1. The first-order valence-electron chi connectivity index (χ1n) is 9.62. The lowest BCUT2D eigenvalue weighted by atomic mass is 10.1. The molecule has 4 rings (SSSR count). The molecule has 148 valence electrons. The molecule has 1 amide bonds. The van der Waals surface area contributed by atoms with Gasteiger partial charge in [-0.3, -0.25) is 4.79 Å². The van der Waals surface area contributed by atoms with Crippen molar-refractivity contribution in [1.29, 1.82) is 0 Å². The number of rotatable bonds is 4. The predicted molar refractivity (Wildman–Crippen MR) is 110 cm³/mol. The van der Waals surface area contributed by atoms with Gasteiger partial charge in [0, 0.05) is 23.5 Å². The summed E-state index contributed by atoms with van der Waals surface area (Å²) < 4.78 is 13.1. The Bertz CT molecular complexity index is 1010. The van der Waals surface area contributed by atoms with Crippen LogP contribution < -0.4 is 10.2 Å². The lowest BCUT2D eigenvalue weighted by molar-refractivity contribution is -0.117. The Morgan fingerprint density at radius 3 is 2.66 bits per heavy atom. The number of carbonyl (C=O) groups excluding carboxylic acids is 1. The van der Waals surface area contributed by atoms with Gasteiger partial charge in [0.05, 0.1) is 12.4 Å². The molecular formula is C22H22FN5O. The van der Waals surface area contributed by atoms with E-state index in [0.717, 1.165) is 42.2 Å². The van der Waals surface area contributed by atoms with E-state index >= 15 is 0 Å². The van der Waals surface area contributed by atoms with Crippen molar-refractivity contribution in [2.75, 3.05) is 10.2 Å². The Kier molecular flexibility index (Phi) is 5.20. The number of nitrogens with zero attached hydrogens (tertiary/aromatic N) is 4. The fraction of sp³-hybridized carbons (Fsp3) is 0.273. The smallest absolute Gasteiger partial charge is 0.247 e. The molecule has 1 N–H and O–H groups in total. The Morgan fingerprint density at radius 1 is 1.14 bits per heavy atom. The van der Waals surface area contributed by atoms with Crippen LogP contribution in [-0.4, -0.2) is 32.9 Å². The highest BCUT2D eigenvalue weighted by Gasteiger charge is 2.36. The highest BCUT2D eigenvalue weighted by molar-refractivity contribution is 5.97. The second-order valence-corrected chi connectivity index (χ2v) is 7.28. The van der Waals surface area contributed by atoms with Crippen molar-refractivity contribution in [2.24, 2.45) is 0 Å². The number of halogens is 1. The monoisotopic (exact) mass is 391 g/mol. The standard InChI is InChI=1S/C22H22FN5O/c1-14-6-8-17(11-18(14)21-25-12-16(23)13-26-21)27-22(29)19-9-7-15(2)28(19)20-5-3-4-10-24-20/h3-6,8,10-13,15,19H,7,9H2,1-2H3,(H,27,29)/t15-,19-/m1/s1. The Morgan fingerprint density at radius 2 is 1.93 bits per heavy atom. The van der Waals surface area contributed by atoms with E-state index in [1.807, 2.05) is 43.3 Å². The van der Waals surface area contributed by atoms with Gasteiger partial charge < -0.3 is 10.2 Å². The van der Waals surface area contributed by atoms with Crippen LogP contribution in [0.25, 0.3) is 11.4 Å². The van der Waals surface area contributed by atoms with Crippen molar-refractivity contribution in [3.8, 4) is 11.4 Å². The maximum absolute atomic E-state index is 13.1. The van der Waals surface area contributed by atoms with Crippen molar-refractivity contribution in [1.82, 2.24) is 15.0 Å². The van der Waals surface area contributed by atoms with Crippen LogP contribution in [-0.2, 0) is 4.79 Å². The molecular weight excluding hydrogens is 369 g/mol. The van der Waals surface area contributed by atoms with Gasteiger partial charge in [-0.15, -0.1) is 0 Å². The molecule has 6 nitrogen and oxygen atoms in total. The Hall–Kier alpha value is -3.35. The van der Waals surface area contributed by atoms with Gasteiger partial charge >= 0.3 is 0 Å². The number of benzene rings is 1. The van der Waals surface area contributed by atoms with Gasteiger partial charge in [0.2, 0.25) is 5.91 Å². The van der Waals surface area contributed by atoms with Crippen molar-refractivity contribution in [3.05, 3.63) is 66.4 Å². The van der Waals surface area contributed by atoms with E-state index in [0.29, 0.717) is 11.5 Å². The second kappa shape index (κ2) is 7.95. The molecule has 2 atom stereocenters. The van der Waals surface area contributed by atoms with Crippen LogP contribution in [0.3, 0.4) is 0 Å². The average Bonchev–Trinajstić information content (AvgIpc) is 3.12. The molecule has 3 heterocycles. The number of aromatic nitrogens is 3. The lowest BCUT2D eigenvalue weighted by Gasteiger charge is -2.28. The van der Waals surface area contributed by atoms with E-state index in [9.17, 15) is 9.18 Å². The largest absolute Gasteiger partial charge is 0.342 e. The van der Waals surface area contributed by atoms with E-state index in [1.165, 1.54) is 0 Å². The summed E-state index contributed by atoms with van der Waals surface area (Å²) in [5.41, 5.74) is 2.35. The van der Waals surface area contributed by atoms with Crippen LogP contribution in [0.1, 0.15) is 25.3 Å². The average molecular weight is 391 g/mol. The van der Waals surface area contributed by atoms with Crippen LogP contribution in [0.2, 0.25) is 0 Å². The van der Waals surface area contributed by atoms with Gasteiger partial charge in [-0.05, 0) is 56.5 Å². The van der Waals surface area contributed by atoms with Crippen molar-refractivity contribution in [2.45, 2.75) is 38.8 Å². The summed E-state index contributed by atoms with van der Waals surface area (Å²) in [6.45, 7) is 4.03. The zero-order chi connectivity index (χ0) is 20.4. The Balaban J connectivity index is 1.57. The maximum atomic E-state index is 13.1. The van der Waals surface area contributed by atoms with Crippen LogP contribution in [0.4, 0.5) is 15.9 Å². The van der Waals surface area contributed by atoms with E-state index in [-0.39, 0.29) is 18.0 Å². The summed E-state index contributed by atoms with van der Waals surface area (Å²) in [6.07, 6.45) is 5.71. The molecule has 0 bridgehead atoms. The molecule has 29 heavy (non-hydrogen) atoms. The highest BCUT2D eigenvalue weighted by Crippen LogP contribution is 2.30. The third-order valence-electron chi connectivity index (χ3n) is 5.25. The van der Waals surface area contributed by atoms with Crippen LogP contribution in [0.15, 0.2) is 55.0 Å². The van der Waals surface area contributed by atoms with Crippen molar-refractivity contribution >= 4 is 17.4 Å². The molecule has 0 aliphatic carbocycles. The molecule has 0 radical (unpaired) electrons. The van der Waals surface area contributed by atoms with E-state index in [4.69, 9.17) is 0 Å². The van der Waals surface area contributed by atoms with Gasteiger partial charge in [0.15, 0.2) is 11.6 Å². The van der Waals surface area contributed by atoms with E-state index in [1.54, 1.807) is 6.20 Å². The number of aryl methyl sites for hydroxylation is 1. The number of hydrogen-bond acceptors (Lipinski definition) is 5. The summed E-state index contributed by atoms with van der Waals surface area (Å²) in [5, 5.41) is 3.01. The van der Waals surface area contributed by atoms with Gasteiger partial charge in [0.1, 0.15) is 11.9 Å². The maximum Gasteiger partial charge on any atom is 0.247 e. The fourth-order valence-corrected chi connectivity index (χ4v) is 3.75. The number of nitrogens with one attached hydrogen (secondary N) is 1. The van der Waals surface area contributed by atoms with Crippen molar-refractivity contribution < 1.29 is 9.18 Å². The summed E-state index contributed by atoms with van der Waals surface area (Å²) in [6, 6.07) is 11.2. The molecule has 1 aromatic carbocycles. The van der Waals surface area contributed by atoms with Crippen LogP contribution in [0, 0.1) is 12.7 Å². The molecule has 0 spiro atoms. The molecule has 1 saturated heterocycles. The van der Waals surface area contributed by atoms with Gasteiger partial charge in [-0.25, -0.2) is 19.3 Å². The minimum atomic E-state index is -0.485. The zero-order valence-electron chi connectivity index (χ0n) is 16.3. The van der Waals surface area contributed by atoms with Gasteiger partial charge in [0.25, 0.3) is 0 Å². The third kappa shape index (κ3) is 3.94. The molecule has 0 saturated carbocycles. The second-order valence-electron chi connectivity index (χ2n) is 7.28. The molecule has 2 aromatic heterocycles. The minimum absolute atomic E-state index is 0.0742. The number of hydrogen-bond donors (Lipinski definition) is 1. The van der Waals surface area contributed by atoms with Gasteiger partial charge in [-0.1, -0.05) is 12.1 Å².